The largest absolute Gasteiger partial charge is 0.463 e. The van der Waals surface area contributed by atoms with Crippen LogP contribution in [0, 0.1) is 0 Å². The van der Waals surface area contributed by atoms with Gasteiger partial charge in [0.2, 0.25) is 0 Å². The van der Waals surface area contributed by atoms with Gasteiger partial charge in [-0.15, -0.1) is 0 Å². The zero-order valence-electron chi connectivity index (χ0n) is 24.6. The molecule has 0 N–H and O–H groups in total. The fourth-order valence-corrected chi connectivity index (χ4v) is 7.49. The van der Waals surface area contributed by atoms with Gasteiger partial charge in [0.1, 0.15) is 6.29 Å². The molecule has 1 saturated heterocycles. The number of esters is 2. The Kier molecular flexibility index (Phi) is 19.0. The summed E-state index contributed by atoms with van der Waals surface area (Å²) in [5, 5.41) is 3.42. The molecule has 7 heteroatoms. The van der Waals surface area contributed by atoms with E-state index in [-0.39, 0.29) is 11.9 Å². The molecule has 1 fully saturated rings. The second-order valence-corrected chi connectivity index (χ2v) is 11.7. The molecule has 6 nitrogen and oxygen atoms in total. The first-order valence-corrected chi connectivity index (χ1v) is 15.7. The van der Waals surface area contributed by atoms with E-state index < -0.39 is 6.89 Å². The van der Waals surface area contributed by atoms with Crippen LogP contribution in [0.5, 0.6) is 0 Å². The van der Waals surface area contributed by atoms with E-state index in [9.17, 15) is 9.59 Å². The van der Waals surface area contributed by atoms with Gasteiger partial charge in [0.15, 0.2) is 0 Å². The second kappa shape index (κ2) is 22.0. The zero-order chi connectivity index (χ0) is 30.2. The van der Waals surface area contributed by atoms with Gasteiger partial charge in [-0.2, -0.15) is 0 Å². The predicted molar refractivity (Wildman–Crippen MR) is 171 cm³/mol. The number of aldehydes is 1. The number of carbonyl (C=O) groups excluding carboxylic acids is 3. The molecule has 220 valence electrons. The van der Waals surface area contributed by atoms with Crippen LogP contribution in [0.2, 0.25) is 0 Å². The molecule has 1 heterocycles. The van der Waals surface area contributed by atoms with Gasteiger partial charge in [-0.3, -0.25) is 0 Å². The van der Waals surface area contributed by atoms with Gasteiger partial charge >= 0.3 is 11.9 Å². The Morgan fingerprint density at radius 1 is 0.707 bits per heavy atom. The van der Waals surface area contributed by atoms with Gasteiger partial charge in [0, 0.05) is 25.1 Å². The molecule has 4 rings (SSSR count). The van der Waals surface area contributed by atoms with E-state index in [0.717, 1.165) is 35.4 Å². The molecular weight excluding hydrogens is 535 g/mol. The highest BCUT2D eigenvalue weighted by Gasteiger charge is 2.26. The van der Waals surface area contributed by atoms with Crippen molar-refractivity contribution < 1.29 is 28.6 Å². The number of allylic oxidation sites excluding steroid dienone is 1. The molecule has 0 aliphatic carbocycles. The Morgan fingerprint density at radius 2 is 1.07 bits per heavy atom. The van der Waals surface area contributed by atoms with Crippen LogP contribution in [0.15, 0.2) is 103 Å². The topological polar surface area (TPSA) is 78.9 Å². The smallest absolute Gasteiger partial charge is 0.331 e. The maximum absolute atomic E-state index is 12.5. The van der Waals surface area contributed by atoms with Crippen molar-refractivity contribution in [1.29, 1.82) is 0 Å². The summed E-state index contributed by atoms with van der Waals surface area (Å²) in [7, 11) is 0. The summed E-state index contributed by atoms with van der Waals surface area (Å²) in [6, 6.07) is 30.7. The number of benzene rings is 3. The molecule has 1 aliphatic rings. The predicted octanol–water partition coefficient (Wildman–Crippen LogP) is 5.47. The van der Waals surface area contributed by atoms with E-state index in [1.165, 1.54) is 25.8 Å². The Balaban J connectivity index is 0.000000429. The number of hydrogen-bond donors (Lipinski definition) is 0. The molecule has 41 heavy (non-hydrogen) atoms. The van der Waals surface area contributed by atoms with Gasteiger partial charge in [0.25, 0.3) is 0 Å². The Hall–Kier alpha value is -3.73. The highest BCUT2D eigenvalue weighted by Crippen LogP contribution is 2.43. The highest BCUT2D eigenvalue weighted by atomic mass is 31.2. The van der Waals surface area contributed by atoms with Crippen LogP contribution in [0.3, 0.4) is 0 Å². The van der Waals surface area contributed by atoms with E-state index in [0.29, 0.717) is 13.2 Å². The maximum atomic E-state index is 12.5. The number of rotatable bonds is 7. The zero-order valence-corrected chi connectivity index (χ0v) is 25.5. The molecule has 0 unspecified atom stereocenters. The summed E-state index contributed by atoms with van der Waals surface area (Å²) in [5.74, 6) is 1.26. The van der Waals surface area contributed by atoms with Crippen molar-refractivity contribution in [2.45, 2.75) is 40.5 Å². The first kappa shape index (κ1) is 35.3. The lowest BCUT2D eigenvalue weighted by Gasteiger charge is -2.28. The number of carbonyl (C=O) groups is 3. The molecule has 0 aromatic heterocycles. The van der Waals surface area contributed by atoms with Crippen molar-refractivity contribution in [3.8, 4) is 0 Å². The molecule has 0 saturated carbocycles. The van der Waals surface area contributed by atoms with Gasteiger partial charge in [-0.25, -0.2) is 9.59 Å². The monoisotopic (exact) mass is 578 g/mol. The van der Waals surface area contributed by atoms with Crippen LogP contribution in [0.25, 0.3) is 0 Å². The maximum Gasteiger partial charge on any atom is 0.331 e. The third kappa shape index (κ3) is 13.0. The summed E-state index contributed by atoms with van der Waals surface area (Å²) < 4.78 is 14.8. The number of hydrogen-bond acceptors (Lipinski definition) is 6. The average molecular weight is 579 g/mol. The van der Waals surface area contributed by atoms with Crippen molar-refractivity contribution in [2.75, 3.05) is 26.4 Å². The minimum absolute atomic E-state index is 0.269. The van der Waals surface area contributed by atoms with Crippen LogP contribution in [-0.4, -0.2) is 50.4 Å². The Bertz CT molecular complexity index is 1090. The van der Waals surface area contributed by atoms with Crippen LogP contribution in [-0.2, 0) is 28.6 Å². The van der Waals surface area contributed by atoms with Crippen molar-refractivity contribution in [3.05, 3.63) is 103 Å². The highest BCUT2D eigenvalue weighted by molar-refractivity contribution is 7.95. The molecule has 3 aromatic rings. The molecule has 0 amide bonds. The molecule has 1 aliphatic heterocycles. The van der Waals surface area contributed by atoms with Gasteiger partial charge in [0.05, 0.1) is 13.2 Å². The minimum atomic E-state index is -2.24. The van der Waals surface area contributed by atoms with Gasteiger partial charge in [-0.05, 0) is 63.3 Å². The SMILES string of the molecule is C/C=C/C(=O)OCC.C1CCOC1.CC=O.CCOC(=O)C=P(c1ccccc1)(c1ccccc1)c1ccccc1. The molecule has 3 aromatic carbocycles. The van der Waals surface area contributed by atoms with E-state index in [1.807, 2.05) is 61.5 Å². The first-order valence-electron chi connectivity index (χ1n) is 13.8. The van der Waals surface area contributed by atoms with E-state index in [1.54, 1.807) is 25.7 Å². The summed E-state index contributed by atoms with van der Waals surface area (Å²) >= 11 is 0. The van der Waals surface area contributed by atoms with Crippen molar-refractivity contribution >= 4 is 46.8 Å². The molecule has 0 radical (unpaired) electrons. The summed E-state index contributed by atoms with van der Waals surface area (Å²) in [4.78, 5) is 31.7. The third-order valence-electron chi connectivity index (χ3n) is 5.49. The lowest BCUT2D eigenvalue weighted by molar-refractivity contribution is -0.137. The van der Waals surface area contributed by atoms with Gasteiger partial charge < -0.3 is 19.0 Å². The second-order valence-electron chi connectivity index (χ2n) is 8.42. The molecule has 0 atom stereocenters. The fraction of sp³-hybridized carbons (Fsp3) is 0.294. The minimum Gasteiger partial charge on any atom is -0.463 e. The van der Waals surface area contributed by atoms with Crippen LogP contribution >= 0.6 is 6.89 Å². The quantitative estimate of drug-likeness (QED) is 0.160. The van der Waals surface area contributed by atoms with Gasteiger partial charge in [-0.1, -0.05) is 97.1 Å². The summed E-state index contributed by atoms with van der Waals surface area (Å²) in [6.07, 6.45) is 6.35. The Labute approximate surface area is 245 Å². The van der Waals surface area contributed by atoms with E-state index >= 15 is 0 Å². The third-order valence-corrected chi connectivity index (χ3v) is 9.43. The standard InChI is InChI=1S/C22H21O2P.C6H10O2.C4H8O.C2H4O/c1-2-24-22(23)18-25(19-12-6-3-7-13-19,20-14-8-4-9-15-20)21-16-10-5-11-17-21;1-3-5-6(7)8-4-2;1-2-4-5-3-1;1-2-3/h3-18H,2H2,1H3;3,5H,4H2,1-2H3;1-4H2;2H,1H3/b;5-3+;;. The lowest BCUT2D eigenvalue weighted by Crippen LogP contribution is -2.29. The molecular formula is C34H43O6P. The summed E-state index contributed by atoms with van der Waals surface area (Å²) in [6.45, 7) is 7.41. The van der Waals surface area contributed by atoms with Crippen molar-refractivity contribution in [1.82, 2.24) is 0 Å². The fourth-order valence-electron chi connectivity index (χ4n) is 3.83. The normalized spacial score (nSPS) is 11.8. The van der Waals surface area contributed by atoms with Crippen LogP contribution in [0.4, 0.5) is 0 Å². The van der Waals surface area contributed by atoms with Crippen LogP contribution in [0.1, 0.15) is 40.5 Å². The average Bonchev–Trinajstić information content (AvgIpc) is 3.59. The van der Waals surface area contributed by atoms with E-state index in [2.05, 4.69) is 41.1 Å². The van der Waals surface area contributed by atoms with Crippen LogP contribution < -0.4 is 15.9 Å². The van der Waals surface area contributed by atoms with Crippen molar-refractivity contribution in [2.24, 2.45) is 0 Å². The Morgan fingerprint density at radius 3 is 1.37 bits per heavy atom. The molecule has 0 bridgehead atoms. The summed E-state index contributed by atoms with van der Waals surface area (Å²) in [5.41, 5.74) is 0. The van der Waals surface area contributed by atoms with Crippen molar-refractivity contribution in [3.63, 3.8) is 0 Å². The lowest BCUT2D eigenvalue weighted by atomic mass is 10.4. The first-order chi connectivity index (χ1) is 20.0. The van der Waals surface area contributed by atoms with E-state index in [4.69, 9.17) is 14.3 Å². The number of ether oxygens (including phenoxy) is 3. The molecule has 0 spiro atoms.